The Balaban J connectivity index is -0.000000107. The normalized spacial score (nSPS) is 7.30. The molecular weight excluding hydrogens is 150 g/mol. The van der Waals surface area contributed by atoms with Gasteiger partial charge in [0, 0.05) is 13.2 Å². The van der Waals surface area contributed by atoms with E-state index in [0.717, 1.165) is 6.54 Å². The molecule has 0 atom stereocenters. The molecule has 0 heterocycles. The van der Waals surface area contributed by atoms with Gasteiger partial charge in [0.25, 0.3) is 0 Å². The summed E-state index contributed by atoms with van der Waals surface area (Å²) >= 11 is 0. The van der Waals surface area contributed by atoms with E-state index < -0.39 is 0 Å². The van der Waals surface area contributed by atoms with E-state index in [1.807, 2.05) is 20.2 Å². The molecule has 0 amide bonds. The summed E-state index contributed by atoms with van der Waals surface area (Å²) in [6.07, 6.45) is 1.88. The van der Waals surface area contributed by atoms with Crippen LogP contribution < -0.4 is 0 Å². The van der Waals surface area contributed by atoms with E-state index in [9.17, 15) is 0 Å². The number of hydrogen-bond acceptors (Lipinski definition) is 2. The first-order chi connectivity index (χ1) is 4.18. The van der Waals surface area contributed by atoms with Crippen LogP contribution in [-0.4, -0.2) is 37.3 Å². The maximum absolute atomic E-state index is 7.57. The smallest absolute Gasteiger partial charge is 0.0402 e. The van der Waals surface area contributed by atoms with E-state index in [0.29, 0.717) is 0 Å². The molecule has 10 heavy (non-hydrogen) atoms. The van der Waals surface area contributed by atoms with Crippen molar-refractivity contribution in [3.05, 3.63) is 12.7 Å². The highest BCUT2D eigenvalue weighted by atomic mass is 35.5. The fourth-order valence-electron chi connectivity index (χ4n) is 0.258. The second-order valence-corrected chi connectivity index (χ2v) is 1.87. The molecule has 0 rings (SSSR count). The zero-order chi connectivity index (χ0) is 7.70. The molecule has 0 unspecified atom stereocenters. The summed E-state index contributed by atoms with van der Waals surface area (Å²) in [7, 11) is 4.03. The highest BCUT2D eigenvalue weighted by Crippen LogP contribution is 1.69. The van der Waals surface area contributed by atoms with Gasteiger partial charge in [0.15, 0.2) is 0 Å². The summed E-state index contributed by atoms with van der Waals surface area (Å²) < 4.78 is 0. The van der Waals surface area contributed by atoms with Crippen molar-refractivity contribution in [1.29, 1.82) is 0 Å². The first kappa shape index (κ1) is 16.5. The maximum atomic E-state index is 7.57. The average Bonchev–Trinajstić information content (AvgIpc) is 1.67. The summed E-state index contributed by atoms with van der Waals surface area (Å²) in [4.78, 5) is 2.06. The van der Waals surface area contributed by atoms with Gasteiger partial charge in [-0.05, 0) is 21.0 Å². The number of nitrogens with zero attached hydrogens (tertiary/aromatic N) is 1. The topological polar surface area (TPSA) is 23.5 Å². The molecule has 0 radical (unpaired) electrons. The Morgan fingerprint density at radius 1 is 1.50 bits per heavy atom. The van der Waals surface area contributed by atoms with Gasteiger partial charge in [-0.2, -0.15) is 0 Å². The summed E-state index contributed by atoms with van der Waals surface area (Å²) in [5.74, 6) is 0. The lowest BCUT2D eigenvalue weighted by atomic mass is 10.6. The van der Waals surface area contributed by atoms with Crippen molar-refractivity contribution in [2.24, 2.45) is 0 Å². The maximum Gasteiger partial charge on any atom is 0.0402 e. The molecule has 0 fully saturated rings. The lowest BCUT2D eigenvalue weighted by molar-refractivity contribution is 0.318. The van der Waals surface area contributed by atoms with Crippen LogP contribution in [0.5, 0.6) is 0 Å². The molecule has 0 spiro atoms. The monoisotopic (exact) mass is 167 g/mol. The third-order valence-electron chi connectivity index (χ3n) is 0.494. The lowest BCUT2D eigenvalue weighted by Crippen LogP contribution is -2.09. The van der Waals surface area contributed by atoms with Crippen LogP contribution in [-0.2, 0) is 0 Å². The molecule has 0 aromatic rings. The summed E-state index contributed by atoms with van der Waals surface area (Å²) in [6.45, 7) is 6.46. The molecular formula is C7H18ClNO. The Kier molecular flexibility index (Phi) is 26.4. The van der Waals surface area contributed by atoms with E-state index in [-0.39, 0.29) is 19.0 Å². The second-order valence-electron chi connectivity index (χ2n) is 1.87. The van der Waals surface area contributed by atoms with Crippen molar-refractivity contribution < 1.29 is 5.11 Å². The van der Waals surface area contributed by atoms with Gasteiger partial charge in [0.1, 0.15) is 0 Å². The third-order valence-corrected chi connectivity index (χ3v) is 0.494. The van der Waals surface area contributed by atoms with Gasteiger partial charge < -0.3 is 10.0 Å². The number of aliphatic hydroxyl groups is 1. The van der Waals surface area contributed by atoms with Crippen molar-refractivity contribution in [1.82, 2.24) is 4.90 Å². The Labute approximate surface area is 70.0 Å². The van der Waals surface area contributed by atoms with Crippen LogP contribution in [0.2, 0.25) is 0 Å². The SMILES string of the molecule is C=CCN(C)C.CCO.Cl. The molecule has 0 aliphatic heterocycles. The zero-order valence-corrected chi connectivity index (χ0v) is 7.82. The molecule has 0 aliphatic rings. The molecule has 0 bridgehead atoms. The highest BCUT2D eigenvalue weighted by molar-refractivity contribution is 5.85. The van der Waals surface area contributed by atoms with Gasteiger partial charge in [-0.15, -0.1) is 19.0 Å². The van der Waals surface area contributed by atoms with Gasteiger partial charge in [0.05, 0.1) is 0 Å². The minimum atomic E-state index is 0. The summed E-state index contributed by atoms with van der Waals surface area (Å²) in [5, 5.41) is 7.57. The van der Waals surface area contributed by atoms with E-state index in [2.05, 4.69) is 11.5 Å². The van der Waals surface area contributed by atoms with E-state index in [1.54, 1.807) is 6.92 Å². The Morgan fingerprint density at radius 2 is 1.80 bits per heavy atom. The number of likely N-dealkylation sites (N-methyl/N-ethyl adjacent to an activating group) is 1. The van der Waals surface area contributed by atoms with Crippen LogP contribution in [0.15, 0.2) is 12.7 Å². The molecule has 0 saturated heterocycles. The van der Waals surface area contributed by atoms with Crippen LogP contribution in [0.25, 0.3) is 0 Å². The van der Waals surface area contributed by atoms with E-state index >= 15 is 0 Å². The fourth-order valence-corrected chi connectivity index (χ4v) is 0.258. The first-order valence-corrected chi connectivity index (χ1v) is 3.05. The van der Waals surface area contributed by atoms with Crippen molar-refractivity contribution in [3.8, 4) is 0 Å². The highest BCUT2D eigenvalue weighted by Gasteiger charge is 1.75. The van der Waals surface area contributed by atoms with Crippen LogP contribution in [0, 0.1) is 0 Å². The second kappa shape index (κ2) is 16.0. The predicted octanol–water partition coefficient (Wildman–Crippen LogP) is 1.15. The standard InChI is InChI=1S/C5H11N.C2H6O.ClH/c1-4-5-6(2)3;1-2-3;/h4H,1,5H2,2-3H3;3H,2H2,1H3;1H. The van der Waals surface area contributed by atoms with Crippen molar-refractivity contribution in [3.63, 3.8) is 0 Å². The Bertz CT molecular complexity index is 57.6. The summed E-state index contributed by atoms with van der Waals surface area (Å²) in [6, 6.07) is 0. The van der Waals surface area contributed by atoms with Crippen LogP contribution in [0.4, 0.5) is 0 Å². The van der Waals surface area contributed by atoms with Crippen LogP contribution in [0.3, 0.4) is 0 Å². The predicted molar refractivity (Wildman–Crippen MR) is 48.8 cm³/mol. The minimum Gasteiger partial charge on any atom is -0.397 e. The zero-order valence-electron chi connectivity index (χ0n) is 7.00. The molecule has 0 aromatic carbocycles. The largest absolute Gasteiger partial charge is 0.397 e. The van der Waals surface area contributed by atoms with Gasteiger partial charge in [-0.1, -0.05) is 6.08 Å². The van der Waals surface area contributed by atoms with Gasteiger partial charge in [-0.3, -0.25) is 0 Å². The lowest BCUT2D eigenvalue weighted by Gasteiger charge is -2.01. The molecule has 1 N–H and O–H groups in total. The fraction of sp³-hybridized carbons (Fsp3) is 0.714. The minimum absolute atomic E-state index is 0. The van der Waals surface area contributed by atoms with E-state index in [4.69, 9.17) is 5.11 Å². The number of hydrogen-bond donors (Lipinski definition) is 1. The van der Waals surface area contributed by atoms with Crippen LogP contribution in [0.1, 0.15) is 6.92 Å². The number of aliphatic hydroxyl groups excluding tert-OH is 1. The van der Waals surface area contributed by atoms with Crippen molar-refractivity contribution in [2.75, 3.05) is 27.2 Å². The Morgan fingerprint density at radius 3 is 1.80 bits per heavy atom. The van der Waals surface area contributed by atoms with Gasteiger partial charge >= 0.3 is 0 Å². The van der Waals surface area contributed by atoms with E-state index in [1.165, 1.54) is 0 Å². The first-order valence-electron chi connectivity index (χ1n) is 3.05. The number of halogens is 1. The molecule has 64 valence electrons. The van der Waals surface area contributed by atoms with Gasteiger partial charge in [0.2, 0.25) is 0 Å². The molecule has 3 heteroatoms. The van der Waals surface area contributed by atoms with Crippen molar-refractivity contribution >= 4 is 12.4 Å². The quantitative estimate of drug-likeness (QED) is 0.624. The average molecular weight is 168 g/mol. The third kappa shape index (κ3) is 44.1. The molecule has 0 aliphatic carbocycles. The van der Waals surface area contributed by atoms with Crippen molar-refractivity contribution in [2.45, 2.75) is 6.92 Å². The molecule has 0 aromatic heterocycles. The summed E-state index contributed by atoms with van der Waals surface area (Å²) in [5.41, 5.74) is 0. The Hall–Kier alpha value is -0.0500. The number of rotatable bonds is 2. The van der Waals surface area contributed by atoms with Crippen LogP contribution >= 0.6 is 12.4 Å². The molecule has 0 saturated carbocycles. The molecule has 2 nitrogen and oxygen atoms in total. The van der Waals surface area contributed by atoms with Gasteiger partial charge in [-0.25, -0.2) is 0 Å².